The molecule has 22 heavy (non-hydrogen) atoms. The highest BCUT2D eigenvalue weighted by Gasteiger charge is 2.25. The second-order valence-corrected chi connectivity index (χ2v) is 6.93. The first-order chi connectivity index (χ1) is 10.7. The molecule has 118 valence electrons. The lowest BCUT2D eigenvalue weighted by molar-refractivity contribution is 0.0647. The van der Waals surface area contributed by atoms with Gasteiger partial charge in [-0.1, -0.05) is 38.5 Å². The van der Waals surface area contributed by atoms with Crippen LogP contribution in [0.2, 0.25) is 0 Å². The van der Waals surface area contributed by atoms with Gasteiger partial charge in [-0.2, -0.15) is 0 Å². The summed E-state index contributed by atoms with van der Waals surface area (Å²) in [6.07, 6.45) is 2.06. The Labute approximate surface area is 136 Å². The summed E-state index contributed by atoms with van der Waals surface area (Å²) in [4.78, 5) is 18.4. The lowest BCUT2D eigenvalue weighted by atomic mass is 10.1. The zero-order chi connectivity index (χ0) is 15.5. The van der Waals surface area contributed by atoms with Gasteiger partial charge in [0.25, 0.3) is 5.91 Å². The number of nitrogens with zero attached hydrogens (tertiary/aromatic N) is 2. The van der Waals surface area contributed by atoms with Crippen LogP contribution in [0.4, 0.5) is 0 Å². The van der Waals surface area contributed by atoms with Crippen molar-refractivity contribution >= 4 is 27.3 Å². The molecule has 0 saturated carbocycles. The van der Waals surface area contributed by atoms with E-state index in [4.69, 9.17) is 0 Å². The highest BCUT2D eigenvalue weighted by Crippen LogP contribution is 2.33. The standard InChI is InChI=1S/C18H24N2OS/c1-3-7-15-14-8-5-6-9-16(14)22-17(15)18(21)20-12-10-19(4-2)11-13-20/h5-6,8-9H,3-4,7,10-13H2,1-2H3. The molecule has 1 aromatic heterocycles. The molecule has 0 unspecified atom stereocenters. The molecule has 1 amide bonds. The number of fused-ring (bicyclic) bond motifs is 1. The van der Waals surface area contributed by atoms with Crippen LogP contribution in [0, 0.1) is 0 Å². The molecule has 0 aliphatic carbocycles. The maximum atomic E-state index is 13.0. The fourth-order valence-electron chi connectivity index (χ4n) is 3.18. The van der Waals surface area contributed by atoms with E-state index in [1.165, 1.54) is 15.6 Å². The number of likely N-dealkylation sites (N-methyl/N-ethyl adjacent to an activating group) is 1. The predicted octanol–water partition coefficient (Wildman–Crippen LogP) is 3.63. The van der Waals surface area contributed by atoms with E-state index in [9.17, 15) is 4.79 Å². The van der Waals surface area contributed by atoms with Crippen molar-refractivity contribution in [1.82, 2.24) is 9.80 Å². The molecule has 1 saturated heterocycles. The van der Waals surface area contributed by atoms with Crippen molar-refractivity contribution in [2.45, 2.75) is 26.7 Å². The summed E-state index contributed by atoms with van der Waals surface area (Å²) in [5.41, 5.74) is 1.26. The van der Waals surface area contributed by atoms with Crippen molar-refractivity contribution < 1.29 is 4.79 Å². The normalized spacial score (nSPS) is 16.4. The van der Waals surface area contributed by atoms with Crippen molar-refractivity contribution in [3.05, 3.63) is 34.7 Å². The molecule has 1 aliphatic heterocycles. The van der Waals surface area contributed by atoms with Gasteiger partial charge >= 0.3 is 0 Å². The second kappa shape index (κ2) is 6.80. The van der Waals surface area contributed by atoms with Gasteiger partial charge in [0, 0.05) is 30.9 Å². The quantitative estimate of drug-likeness (QED) is 0.860. The minimum absolute atomic E-state index is 0.236. The van der Waals surface area contributed by atoms with Crippen LogP contribution in [-0.2, 0) is 6.42 Å². The number of thiophene rings is 1. The molecular weight excluding hydrogens is 292 g/mol. The molecule has 4 heteroatoms. The molecule has 0 bridgehead atoms. The second-order valence-electron chi connectivity index (χ2n) is 5.88. The number of benzene rings is 1. The average molecular weight is 316 g/mol. The number of aryl methyl sites for hydroxylation is 1. The lowest BCUT2D eigenvalue weighted by Crippen LogP contribution is -2.48. The maximum Gasteiger partial charge on any atom is 0.264 e. The molecule has 2 aromatic rings. The Balaban J connectivity index is 1.89. The van der Waals surface area contributed by atoms with Crippen molar-refractivity contribution in [3.8, 4) is 0 Å². The fraction of sp³-hybridized carbons (Fsp3) is 0.500. The van der Waals surface area contributed by atoms with E-state index in [2.05, 4.69) is 43.0 Å². The van der Waals surface area contributed by atoms with Crippen LogP contribution in [0.1, 0.15) is 35.5 Å². The number of carbonyl (C=O) groups excluding carboxylic acids is 1. The Hall–Kier alpha value is -1.39. The van der Waals surface area contributed by atoms with E-state index < -0.39 is 0 Å². The summed E-state index contributed by atoms with van der Waals surface area (Å²) >= 11 is 1.67. The number of amides is 1. The highest BCUT2D eigenvalue weighted by molar-refractivity contribution is 7.21. The smallest absolute Gasteiger partial charge is 0.264 e. The molecular formula is C18H24N2OS. The lowest BCUT2D eigenvalue weighted by Gasteiger charge is -2.34. The van der Waals surface area contributed by atoms with Gasteiger partial charge in [0.15, 0.2) is 0 Å². The van der Waals surface area contributed by atoms with Crippen LogP contribution >= 0.6 is 11.3 Å². The fourth-order valence-corrected chi connectivity index (χ4v) is 4.40. The van der Waals surface area contributed by atoms with E-state index in [-0.39, 0.29) is 5.91 Å². The van der Waals surface area contributed by atoms with E-state index in [1.54, 1.807) is 11.3 Å². The third kappa shape index (κ3) is 2.90. The SMILES string of the molecule is CCCc1c(C(=O)N2CCN(CC)CC2)sc2ccccc12. The van der Waals surface area contributed by atoms with E-state index in [0.717, 1.165) is 50.4 Å². The van der Waals surface area contributed by atoms with E-state index in [0.29, 0.717) is 0 Å². The Bertz CT molecular complexity index is 656. The molecule has 3 nitrogen and oxygen atoms in total. The summed E-state index contributed by atoms with van der Waals surface area (Å²) in [5.74, 6) is 0.236. The highest BCUT2D eigenvalue weighted by atomic mass is 32.1. The Morgan fingerprint density at radius 3 is 2.55 bits per heavy atom. The largest absolute Gasteiger partial charge is 0.335 e. The number of hydrogen-bond donors (Lipinski definition) is 0. The van der Waals surface area contributed by atoms with E-state index in [1.807, 2.05) is 4.90 Å². The Morgan fingerprint density at radius 1 is 1.14 bits per heavy atom. The molecule has 0 N–H and O–H groups in total. The van der Waals surface area contributed by atoms with Crippen LogP contribution in [0.5, 0.6) is 0 Å². The van der Waals surface area contributed by atoms with Gasteiger partial charge < -0.3 is 9.80 Å². The first-order valence-corrected chi connectivity index (χ1v) is 9.08. The Morgan fingerprint density at radius 2 is 1.86 bits per heavy atom. The first-order valence-electron chi connectivity index (χ1n) is 8.26. The van der Waals surface area contributed by atoms with Gasteiger partial charge in [-0.05, 0) is 30.0 Å². The minimum Gasteiger partial charge on any atom is -0.335 e. The first kappa shape index (κ1) is 15.5. The van der Waals surface area contributed by atoms with Crippen LogP contribution in [-0.4, -0.2) is 48.4 Å². The minimum atomic E-state index is 0.236. The van der Waals surface area contributed by atoms with Crippen LogP contribution < -0.4 is 0 Å². The van der Waals surface area contributed by atoms with Crippen LogP contribution in [0.15, 0.2) is 24.3 Å². The van der Waals surface area contributed by atoms with Crippen LogP contribution in [0.3, 0.4) is 0 Å². The zero-order valence-corrected chi connectivity index (χ0v) is 14.3. The number of piperazine rings is 1. The Kier molecular flexibility index (Phi) is 4.79. The predicted molar refractivity (Wildman–Crippen MR) is 93.8 cm³/mol. The molecule has 1 aromatic carbocycles. The number of rotatable bonds is 4. The zero-order valence-electron chi connectivity index (χ0n) is 13.5. The summed E-state index contributed by atoms with van der Waals surface area (Å²) in [6.45, 7) is 9.14. The average Bonchev–Trinajstić information content (AvgIpc) is 2.93. The number of carbonyl (C=O) groups is 1. The topological polar surface area (TPSA) is 23.6 Å². The summed E-state index contributed by atoms with van der Waals surface area (Å²) in [7, 11) is 0. The molecule has 1 aliphatic rings. The van der Waals surface area contributed by atoms with Gasteiger partial charge in [0.05, 0.1) is 4.88 Å². The molecule has 0 spiro atoms. The van der Waals surface area contributed by atoms with Crippen molar-refractivity contribution in [3.63, 3.8) is 0 Å². The van der Waals surface area contributed by atoms with Gasteiger partial charge in [0.1, 0.15) is 0 Å². The van der Waals surface area contributed by atoms with Gasteiger partial charge in [-0.15, -0.1) is 11.3 Å². The van der Waals surface area contributed by atoms with Gasteiger partial charge in [-0.25, -0.2) is 0 Å². The molecule has 0 atom stereocenters. The van der Waals surface area contributed by atoms with Crippen molar-refractivity contribution in [1.29, 1.82) is 0 Å². The molecule has 0 radical (unpaired) electrons. The van der Waals surface area contributed by atoms with Gasteiger partial charge in [-0.3, -0.25) is 4.79 Å². The summed E-state index contributed by atoms with van der Waals surface area (Å²) in [5, 5.41) is 1.27. The molecule has 3 rings (SSSR count). The van der Waals surface area contributed by atoms with Crippen LogP contribution in [0.25, 0.3) is 10.1 Å². The molecule has 1 fully saturated rings. The third-order valence-corrected chi connectivity index (χ3v) is 5.70. The monoisotopic (exact) mass is 316 g/mol. The summed E-state index contributed by atoms with van der Waals surface area (Å²) < 4.78 is 1.24. The van der Waals surface area contributed by atoms with Crippen molar-refractivity contribution in [2.24, 2.45) is 0 Å². The van der Waals surface area contributed by atoms with E-state index >= 15 is 0 Å². The van der Waals surface area contributed by atoms with Crippen molar-refractivity contribution in [2.75, 3.05) is 32.7 Å². The summed E-state index contributed by atoms with van der Waals surface area (Å²) in [6, 6.07) is 8.42. The van der Waals surface area contributed by atoms with Gasteiger partial charge in [0.2, 0.25) is 0 Å². The molecule has 2 heterocycles. The third-order valence-electron chi connectivity index (χ3n) is 4.50. The maximum absolute atomic E-state index is 13.0. The number of hydrogen-bond acceptors (Lipinski definition) is 3.